The van der Waals surface area contributed by atoms with E-state index in [9.17, 15) is 13.2 Å². The van der Waals surface area contributed by atoms with Crippen molar-refractivity contribution in [2.45, 2.75) is 30.7 Å². The Morgan fingerprint density at radius 1 is 1.47 bits per heavy atom. The number of amides is 1. The lowest BCUT2D eigenvalue weighted by atomic mass is 10.1. The maximum absolute atomic E-state index is 12.0. The fraction of sp³-hybridized carbons (Fsp3) is 0.417. The molecule has 1 aromatic rings. The van der Waals surface area contributed by atoms with Gasteiger partial charge in [-0.1, -0.05) is 6.07 Å². The van der Waals surface area contributed by atoms with Crippen LogP contribution in [0.1, 0.15) is 18.4 Å². The number of hydrogen-bond acceptors (Lipinski definition) is 4. The number of nitrogens with one attached hydrogen (secondary N) is 2. The summed E-state index contributed by atoms with van der Waals surface area (Å²) in [5.41, 5.74) is 0.932. The second-order valence-corrected chi connectivity index (χ2v) is 6.14. The van der Waals surface area contributed by atoms with Gasteiger partial charge >= 0.3 is 0 Å². The molecule has 1 saturated heterocycles. The number of sulfonamides is 1. The van der Waals surface area contributed by atoms with Crippen LogP contribution < -0.4 is 15.8 Å². The second kappa shape index (κ2) is 5.28. The summed E-state index contributed by atoms with van der Waals surface area (Å²) in [6.45, 7) is 2.45. The quantitative estimate of drug-likeness (QED) is 0.744. The van der Waals surface area contributed by atoms with E-state index in [0.717, 1.165) is 19.4 Å². The summed E-state index contributed by atoms with van der Waals surface area (Å²) in [6, 6.07) is 4.44. The first-order valence-electron chi connectivity index (χ1n) is 6.06. The SMILES string of the molecule is Cc1c(NC(=O)[C@H]2CCCN2)cccc1S(N)(=O)=O. The van der Waals surface area contributed by atoms with E-state index >= 15 is 0 Å². The number of carbonyl (C=O) groups excluding carboxylic acids is 1. The number of benzene rings is 1. The van der Waals surface area contributed by atoms with Crippen molar-refractivity contribution in [3.8, 4) is 0 Å². The fourth-order valence-electron chi connectivity index (χ4n) is 2.19. The largest absolute Gasteiger partial charge is 0.324 e. The summed E-state index contributed by atoms with van der Waals surface area (Å²) in [4.78, 5) is 12.0. The highest BCUT2D eigenvalue weighted by Gasteiger charge is 2.23. The highest BCUT2D eigenvalue weighted by atomic mass is 32.2. The summed E-state index contributed by atoms with van der Waals surface area (Å²) in [5, 5.41) is 11.0. The zero-order valence-electron chi connectivity index (χ0n) is 10.6. The normalized spacial score (nSPS) is 19.4. The van der Waals surface area contributed by atoms with Crippen molar-refractivity contribution >= 4 is 21.6 Å². The van der Waals surface area contributed by atoms with E-state index in [-0.39, 0.29) is 16.8 Å². The van der Waals surface area contributed by atoms with E-state index in [2.05, 4.69) is 10.6 Å². The van der Waals surface area contributed by atoms with E-state index < -0.39 is 10.0 Å². The van der Waals surface area contributed by atoms with Crippen molar-refractivity contribution in [3.05, 3.63) is 23.8 Å². The first kappa shape index (κ1) is 14.0. The fourth-order valence-corrected chi connectivity index (χ4v) is 2.99. The molecule has 1 amide bonds. The molecule has 0 bridgehead atoms. The Hall–Kier alpha value is -1.44. The molecule has 1 aliphatic heterocycles. The minimum atomic E-state index is -3.78. The van der Waals surface area contributed by atoms with Crippen molar-refractivity contribution in [1.82, 2.24) is 5.32 Å². The summed E-state index contributed by atoms with van der Waals surface area (Å²) < 4.78 is 22.8. The van der Waals surface area contributed by atoms with Crippen molar-refractivity contribution in [3.63, 3.8) is 0 Å². The van der Waals surface area contributed by atoms with E-state index in [1.165, 1.54) is 6.07 Å². The molecular weight excluding hydrogens is 266 g/mol. The molecule has 1 heterocycles. The average Bonchev–Trinajstić information content (AvgIpc) is 2.83. The first-order valence-corrected chi connectivity index (χ1v) is 7.61. The standard InChI is InChI=1S/C12H17N3O3S/c1-8-9(4-2-6-11(8)19(13,17)18)15-12(16)10-5-3-7-14-10/h2,4,6,10,14H,3,5,7H2,1H3,(H,15,16)(H2,13,17,18)/t10-/m1/s1. The number of nitrogens with two attached hydrogens (primary N) is 1. The molecule has 0 aromatic heterocycles. The third-order valence-corrected chi connectivity index (χ3v) is 4.28. The van der Waals surface area contributed by atoms with Crippen molar-refractivity contribution < 1.29 is 13.2 Å². The van der Waals surface area contributed by atoms with E-state index in [0.29, 0.717) is 11.3 Å². The van der Waals surface area contributed by atoms with Gasteiger partial charge < -0.3 is 10.6 Å². The Balaban J connectivity index is 2.24. The van der Waals surface area contributed by atoms with Crippen LogP contribution in [-0.4, -0.2) is 26.9 Å². The van der Waals surface area contributed by atoms with Crippen LogP contribution in [-0.2, 0) is 14.8 Å². The van der Waals surface area contributed by atoms with Crippen molar-refractivity contribution in [2.75, 3.05) is 11.9 Å². The van der Waals surface area contributed by atoms with Gasteiger partial charge in [0.15, 0.2) is 0 Å². The predicted octanol–water partition coefficient (Wildman–Crippen LogP) is 0.333. The van der Waals surface area contributed by atoms with E-state index in [1.807, 2.05) is 0 Å². The first-order chi connectivity index (χ1) is 8.89. The van der Waals surface area contributed by atoms with Gasteiger partial charge in [-0.05, 0) is 44.0 Å². The molecule has 0 saturated carbocycles. The molecule has 1 aliphatic rings. The molecule has 104 valence electrons. The average molecular weight is 283 g/mol. The number of carbonyl (C=O) groups is 1. The lowest BCUT2D eigenvalue weighted by Crippen LogP contribution is -2.35. The zero-order chi connectivity index (χ0) is 14.0. The Labute approximate surface area is 112 Å². The lowest BCUT2D eigenvalue weighted by molar-refractivity contribution is -0.117. The van der Waals surface area contributed by atoms with Gasteiger partial charge in [-0.2, -0.15) is 0 Å². The van der Waals surface area contributed by atoms with Crippen LogP contribution in [0, 0.1) is 6.92 Å². The van der Waals surface area contributed by atoms with Crippen LogP contribution in [0.15, 0.2) is 23.1 Å². The van der Waals surface area contributed by atoms with Crippen LogP contribution in [0.4, 0.5) is 5.69 Å². The Morgan fingerprint density at radius 3 is 2.79 bits per heavy atom. The van der Waals surface area contributed by atoms with Crippen molar-refractivity contribution in [1.29, 1.82) is 0 Å². The molecular formula is C12H17N3O3S. The number of primary sulfonamides is 1. The molecule has 19 heavy (non-hydrogen) atoms. The molecule has 0 spiro atoms. The molecule has 6 nitrogen and oxygen atoms in total. The Bertz CT molecular complexity index is 592. The molecule has 0 radical (unpaired) electrons. The van der Waals surface area contributed by atoms with Crippen LogP contribution >= 0.6 is 0 Å². The maximum Gasteiger partial charge on any atom is 0.241 e. The van der Waals surface area contributed by atoms with Gasteiger partial charge in [-0.3, -0.25) is 4.79 Å². The van der Waals surface area contributed by atoms with E-state index in [4.69, 9.17) is 5.14 Å². The van der Waals surface area contributed by atoms with E-state index in [1.54, 1.807) is 19.1 Å². The lowest BCUT2D eigenvalue weighted by Gasteiger charge is -2.14. The second-order valence-electron chi connectivity index (χ2n) is 4.61. The zero-order valence-corrected chi connectivity index (χ0v) is 11.5. The number of anilines is 1. The summed E-state index contributed by atoms with van der Waals surface area (Å²) in [6.07, 6.45) is 1.76. The van der Waals surface area contributed by atoms with Gasteiger partial charge in [0.25, 0.3) is 0 Å². The molecule has 2 rings (SSSR count). The van der Waals surface area contributed by atoms with Gasteiger partial charge in [-0.25, -0.2) is 13.6 Å². The molecule has 0 aliphatic carbocycles. The van der Waals surface area contributed by atoms with Gasteiger partial charge in [0.2, 0.25) is 15.9 Å². The Kier molecular flexibility index (Phi) is 3.88. The minimum Gasteiger partial charge on any atom is -0.324 e. The molecule has 7 heteroatoms. The third kappa shape index (κ3) is 3.12. The predicted molar refractivity (Wildman–Crippen MR) is 72.2 cm³/mol. The molecule has 1 aromatic carbocycles. The summed E-state index contributed by atoms with van der Waals surface area (Å²) in [7, 11) is -3.78. The van der Waals surface area contributed by atoms with Gasteiger partial charge in [0.1, 0.15) is 0 Å². The maximum atomic E-state index is 12.0. The molecule has 1 fully saturated rings. The topological polar surface area (TPSA) is 101 Å². The van der Waals surface area contributed by atoms with Crippen LogP contribution in [0.2, 0.25) is 0 Å². The highest BCUT2D eigenvalue weighted by molar-refractivity contribution is 7.89. The third-order valence-electron chi connectivity index (χ3n) is 3.23. The molecule has 4 N–H and O–H groups in total. The Morgan fingerprint density at radius 2 is 2.21 bits per heavy atom. The minimum absolute atomic E-state index is 0.0321. The monoisotopic (exact) mass is 283 g/mol. The smallest absolute Gasteiger partial charge is 0.241 e. The number of rotatable bonds is 3. The van der Waals surface area contributed by atoms with Gasteiger partial charge in [0, 0.05) is 5.69 Å². The summed E-state index contributed by atoms with van der Waals surface area (Å²) >= 11 is 0. The van der Waals surface area contributed by atoms with Crippen molar-refractivity contribution in [2.24, 2.45) is 5.14 Å². The van der Waals surface area contributed by atoms with Gasteiger partial charge in [-0.15, -0.1) is 0 Å². The van der Waals surface area contributed by atoms with Crippen LogP contribution in [0.25, 0.3) is 0 Å². The molecule has 1 atom stereocenters. The van der Waals surface area contributed by atoms with Gasteiger partial charge in [0.05, 0.1) is 10.9 Å². The van der Waals surface area contributed by atoms with Crippen LogP contribution in [0.5, 0.6) is 0 Å². The molecule has 0 unspecified atom stereocenters. The van der Waals surface area contributed by atoms with Crippen LogP contribution in [0.3, 0.4) is 0 Å². The highest BCUT2D eigenvalue weighted by Crippen LogP contribution is 2.22. The summed E-state index contributed by atoms with van der Waals surface area (Å²) in [5.74, 6) is -0.146. The number of hydrogen-bond donors (Lipinski definition) is 3.